The van der Waals surface area contributed by atoms with E-state index < -0.39 is 0 Å². The molecule has 0 spiro atoms. The van der Waals surface area contributed by atoms with Gasteiger partial charge in [0.1, 0.15) is 5.75 Å². The number of hydrogen-bond acceptors (Lipinski definition) is 3. The van der Waals surface area contributed by atoms with Crippen molar-refractivity contribution in [3.63, 3.8) is 0 Å². The van der Waals surface area contributed by atoms with Crippen LogP contribution >= 0.6 is 0 Å². The van der Waals surface area contributed by atoms with Gasteiger partial charge in [0.05, 0.1) is 0 Å². The minimum atomic E-state index is -0.123. The highest BCUT2D eigenvalue weighted by Crippen LogP contribution is 2.24. The molecule has 112 valence electrons. The smallest absolute Gasteiger partial charge is 0.258 e. The largest absolute Gasteiger partial charge is 0.483 e. The lowest BCUT2D eigenvalue weighted by molar-refractivity contribution is -0.124. The Morgan fingerprint density at radius 1 is 1.30 bits per heavy atom. The maximum absolute atomic E-state index is 11.8. The Bertz CT molecular complexity index is 456. The number of rotatable bonds is 6. The van der Waals surface area contributed by atoms with Gasteiger partial charge in [0, 0.05) is 17.6 Å². The molecule has 20 heavy (non-hydrogen) atoms. The van der Waals surface area contributed by atoms with E-state index in [0.717, 1.165) is 11.1 Å². The van der Waals surface area contributed by atoms with Crippen LogP contribution in [0, 0.1) is 12.8 Å². The fraction of sp³-hybridized carbons (Fsp3) is 0.562. The summed E-state index contributed by atoms with van der Waals surface area (Å²) in [5.74, 6) is 0.971. The molecule has 0 aliphatic rings. The van der Waals surface area contributed by atoms with Gasteiger partial charge in [0.15, 0.2) is 6.61 Å². The number of carbonyl (C=O) groups is 1. The molecule has 0 bridgehead atoms. The first-order valence-corrected chi connectivity index (χ1v) is 7.09. The average molecular weight is 278 g/mol. The first kappa shape index (κ1) is 16.5. The monoisotopic (exact) mass is 278 g/mol. The van der Waals surface area contributed by atoms with Crippen molar-refractivity contribution in [3.05, 3.63) is 29.3 Å². The van der Waals surface area contributed by atoms with Crippen LogP contribution in [-0.4, -0.2) is 18.6 Å². The van der Waals surface area contributed by atoms with Gasteiger partial charge in [-0.05, 0) is 32.8 Å². The Balaban J connectivity index is 2.64. The summed E-state index contributed by atoms with van der Waals surface area (Å²) in [6, 6.07) is 5.83. The highest BCUT2D eigenvalue weighted by Gasteiger charge is 2.13. The summed E-state index contributed by atoms with van der Waals surface area (Å²) in [7, 11) is 0. The van der Waals surface area contributed by atoms with E-state index >= 15 is 0 Å². The molecule has 1 aromatic carbocycles. The summed E-state index contributed by atoms with van der Waals surface area (Å²) in [6.45, 7) is 10.1. The predicted molar refractivity (Wildman–Crippen MR) is 81.7 cm³/mol. The molecule has 0 aliphatic carbocycles. The van der Waals surface area contributed by atoms with Crippen LogP contribution in [0.15, 0.2) is 18.2 Å². The van der Waals surface area contributed by atoms with Crippen molar-refractivity contribution in [3.8, 4) is 5.75 Å². The topological polar surface area (TPSA) is 64.3 Å². The van der Waals surface area contributed by atoms with Gasteiger partial charge in [-0.2, -0.15) is 0 Å². The third-order valence-corrected chi connectivity index (χ3v) is 3.40. The lowest BCUT2D eigenvalue weighted by atomic mass is 10.1. The van der Waals surface area contributed by atoms with Crippen LogP contribution in [0.3, 0.4) is 0 Å². The maximum atomic E-state index is 11.8. The second-order valence-electron chi connectivity index (χ2n) is 5.72. The molecule has 0 saturated carbocycles. The van der Waals surface area contributed by atoms with Gasteiger partial charge in [-0.3, -0.25) is 4.79 Å². The number of nitrogens with one attached hydrogen (secondary N) is 1. The molecule has 0 radical (unpaired) electrons. The van der Waals surface area contributed by atoms with E-state index in [9.17, 15) is 4.79 Å². The number of hydrogen-bond donors (Lipinski definition) is 2. The van der Waals surface area contributed by atoms with E-state index in [1.165, 1.54) is 0 Å². The normalized spacial score (nSPS) is 13.9. The van der Waals surface area contributed by atoms with Crippen LogP contribution in [-0.2, 0) is 4.79 Å². The fourth-order valence-corrected chi connectivity index (χ4v) is 1.76. The highest BCUT2D eigenvalue weighted by molar-refractivity contribution is 5.77. The molecule has 1 aromatic rings. The third kappa shape index (κ3) is 4.85. The van der Waals surface area contributed by atoms with Crippen LogP contribution in [0.2, 0.25) is 0 Å². The summed E-state index contributed by atoms with van der Waals surface area (Å²) >= 11 is 0. The summed E-state index contributed by atoms with van der Waals surface area (Å²) in [5.41, 5.74) is 7.98. The molecule has 4 nitrogen and oxygen atoms in total. The van der Waals surface area contributed by atoms with Crippen molar-refractivity contribution in [2.45, 2.75) is 46.7 Å². The minimum Gasteiger partial charge on any atom is -0.483 e. The van der Waals surface area contributed by atoms with E-state index in [1.54, 1.807) is 0 Å². The third-order valence-electron chi connectivity index (χ3n) is 3.40. The van der Waals surface area contributed by atoms with Gasteiger partial charge in [-0.15, -0.1) is 0 Å². The average Bonchev–Trinajstić information content (AvgIpc) is 2.36. The highest BCUT2D eigenvalue weighted by atomic mass is 16.5. The standard InChI is InChI=1S/C16H26N2O2/c1-10(2)13(5)18-16(19)9-20-15-7-6-11(3)8-14(15)12(4)17/h6-8,10,12-13H,9,17H2,1-5H3,(H,18,19)/t12-,13?/m1/s1. The second-order valence-corrected chi connectivity index (χ2v) is 5.72. The number of aryl methyl sites for hydroxylation is 1. The summed E-state index contributed by atoms with van der Waals surface area (Å²) in [4.78, 5) is 11.8. The number of amides is 1. The van der Waals surface area contributed by atoms with Crippen LogP contribution in [0.4, 0.5) is 0 Å². The predicted octanol–water partition coefficient (Wildman–Crippen LogP) is 2.55. The van der Waals surface area contributed by atoms with Crippen molar-refractivity contribution in [1.82, 2.24) is 5.32 Å². The van der Waals surface area contributed by atoms with Gasteiger partial charge >= 0.3 is 0 Å². The first-order valence-electron chi connectivity index (χ1n) is 7.09. The van der Waals surface area contributed by atoms with E-state index in [0.29, 0.717) is 11.7 Å². The van der Waals surface area contributed by atoms with Gasteiger partial charge in [0.2, 0.25) is 0 Å². The molecule has 1 rings (SSSR count). The van der Waals surface area contributed by atoms with Gasteiger partial charge in [0.25, 0.3) is 5.91 Å². The molecular formula is C16H26N2O2. The number of ether oxygens (including phenoxy) is 1. The van der Waals surface area contributed by atoms with Gasteiger partial charge < -0.3 is 15.8 Å². The van der Waals surface area contributed by atoms with Crippen molar-refractivity contribution >= 4 is 5.91 Å². The molecule has 0 fully saturated rings. The lowest BCUT2D eigenvalue weighted by Gasteiger charge is -2.18. The van der Waals surface area contributed by atoms with E-state index in [1.807, 2.05) is 39.0 Å². The molecule has 3 N–H and O–H groups in total. The zero-order valence-electron chi connectivity index (χ0n) is 13.1. The van der Waals surface area contributed by atoms with E-state index in [4.69, 9.17) is 10.5 Å². The molecule has 0 saturated heterocycles. The van der Waals surface area contributed by atoms with Gasteiger partial charge in [-0.1, -0.05) is 31.5 Å². The second kappa shape index (κ2) is 7.29. The quantitative estimate of drug-likeness (QED) is 0.840. The number of carbonyl (C=O) groups excluding carboxylic acids is 1. The SMILES string of the molecule is Cc1ccc(OCC(=O)NC(C)C(C)C)c([C@@H](C)N)c1. The van der Waals surface area contributed by atoms with Crippen molar-refractivity contribution in [2.24, 2.45) is 11.7 Å². The Hall–Kier alpha value is -1.55. The van der Waals surface area contributed by atoms with Crippen LogP contribution in [0.5, 0.6) is 5.75 Å². The molecule has 1 amide bonds. The van der Waals surface area contributed by atoms with Crippen LogP contribution in [0.25, 0.3) is 0 Å². The van der Waals surface area contributed by atoms with Crippen molar-refractivity contribution < 1.29 is 9.53 Å². The zero-order chi connectivity index (χ0) is 15.3. The zero-order valence-corrected chi connectivity index (χ0v) is 13.1. The first-order chi connectivity index (χ1) is 9.31. The number of nitrogens with two attached hydrogens (primary N) is 1. The van der Waals surface area contributed by atoms with Crippen molar-refractivity contribution in [2.75, 3.05) is 6.61 Å². The Labute approximate surface area is 121 Å². The Morgan fingerprint density at radius 2 is 1.95 bits per heavy atom. The number of benzene rings is 1. The molecule has 2 atom stereocenters. The van der Waals surface area contributed by atoms with Crippen LogP contribution < -0.4 is 15.8 Å². The maximum Gasteiger partial charge on any atom is 0.258 e. The molecule has 0 aromatic heterocycles. The summed E-state index contributed by atoms with van der Waals surface area (Å²) in [6.07, 6.45) is 0. The molecule has 0 aliphatic heterocycles. The molecular weight excluding hydrogens is 252 g/mol. The molecule has 4 heteroatoms. The lowest BCUT2D eigenvalue weighted by Crippen LogP contribution is -2.39. The summed E-state index contributed by atoms with van der Waals surface area (Å²) < 4.78 is 5.60. The van der Waals surface area contributed by atoms with E-state index in [2.05, 4.69) is 19.2 Å². The van der Waals surface area contributed by atoms with E-state index in [-0.39, 0.29) is 24.6 Å². The van der Waals surface area contributed by atoms with Crippen LogP contribution in [0.1, 0.15) is 44.9 Å². The molecule has 1 unspecified atom stereocenters. The van der Waals surface area contributed by atoms with Crippen molar-refractivity contribution in [1.29, 1.82) is 0 Å². The molecule has 0 heterocycles. The minimum absolute atomic E-state index is 0.0137. The summed E-state index contributed by atoms with van der Waals surface area (Å²) in [5, 5.41) is 2.91. The Kier molecular flexibility index (Phi) is 6.02. The Morgan fingerprint density at radius 3 is 2.50 bits per heavy atom. The fourth-order valence-electron chi connectivity index (χ4n) is 1.76. The van der Waals surface area contributed by atoms with Gasteiger partial charge in [-0.25, -0.2) is 0 Å².